The molecule has 0 aliphatic heterocycles. The summed E-state index contributed by atoms with van der Waals surface area (Å²) in [6.45, 7) is 2.87. The summed E-state index contributed by atoms with van der Waals surface area (Å²) in [6, 6.07) is 0.255. The first-order valence-corrected chi connectivity index (χ1v) is 2.96. The molecule has 0 saturated heterocycles. The summed E-state index contributed by atoms with van der Waals surface area (Å²) < 4.78 is 0. The summed E-state index contributed by atoms with van der Waals surface area (Å²) in [6.07, 6.45) is 1.90. The Balaban J connectivity index is 3.29. The fourth-order valence-corrected chi connectivity index (χ4v) is 0.704. The monoisotopic (exact) mass is 127 g/mol. The molecule has 0 fully saturated rings. The van der Waals surface area contributed by atoms with Gasteiger partial charge in [0.25, 0.3) is 0 Å². The van der Waals surface area contributed by atoms with Crippen molar-refractivity contribution in [1.29, 1.82) is 5.26 Å². The molecule has 0 heterocycles. The molecule has 0 aromatic rings. The minimum atomic E-state index is 0.255. The van der Waals surface area contributed by atoms with Crippen LogP contribution in [-0.4, -0.2) is 31.6 Å². The van der Waals surface area contributed by atoms with Crippen LogP contribution in [0, 0.1) is 11.5 Å². The molecule has 1 N–H and O–H groups in total. The lowest BCUT2D eigenvalue weighted by Crippen LogP contribution is -2.32. The second kappa shape index (κ2) is 4.16. The van der Waals surface area contributed by atoms with Gasteiger partial charge in [0.1, 0.15) is 0 Å². The van der Waals surface area contributed by atoms with Gasteiger partial charge in [-0.3, -0.25) is 0 Å². The summed E-state index contributed by atoms with van der Waals surface area (Å²) in [5, 5.41) is 10.8. The highest BCUT2D eigenvalue weighted by atomic mass is 15.1. The number of hydrogen-bond acceptors (Lipinski definition) is 3. The average molecular weight is 127 g/mol. The molecule has 3 nitrogen and oxygen atoms in total. The van der Waals surface area contributed by atoms with Gasteiger partial charge in [-0.2, -0.15) is 5.26 Å². The van der Waals surface area contributed by atoms with E-state index in [1.165, 1.54) is 0 Å². The van der Waals surface area contributed by atoms with Gasteiger partial charge < -0.3 is 10.2 Å². The minimum absolute atomic E-state index is 0.255. The Bertz CT molecular complexity index is 103. The quantitative estimate of drug-likeness (QED) is 0.428. The Labute approximate surface area is 56.3 Å². The van der Waals surface area contributed by atoms with Crippen molar-refractivity contribution in [2.75, 3.05) is 20.6 Å². The summed E-state index contributed by atoms with van der Waals surface area (Å²) in [5.41, 5.74) is 0. The van der Waals surface area contributed by atoms with Crippen LogP contribution in [0.4, 0.5) is 0 Å². The fraction of sp³-hybridized carbons (Fsp3) is 0.833. The van der Waals surface area contributed by atoms with Crippen LogP contribution >= 0.6 is 0 Å². The van der Waals surface area contributed by atoms with Crippen molar-refractivity contribution in [2.24, 2.45) is 0 Å². The number of nitriles is 1. The first-order valence-electron chi connectivity index (χ1n) is 2.96. The molecule has 0 radical (unpaired) electrons. The molecular weight excluding hydrogens is 114 g/mol. The van der Waals surface area contributed by atoms with Crippen molar-refractivity contribution in [3.63, 3.8) is 0 Å². The highest BCUT2D eigenvalue weighted by Gasteiger charge is 1.98. The number of rotatable bonds is 3. The van der Waals surface area contributed by atoms with E-state index in [1.54, 1.807) is 0 Å². The molecule has 0 bridgehead atoms. The van der Waals surface area contributed by atoms with Gasteiger partial charge in [-0.05, 0) is 21.0 Å². The zero-order chi connectivity index (χ0) is 7.28. The predicted molar refractivity (Wildman–Crippen MR) is 36.8 cm³/mol. The molecule has 3 heteroatoms. The van der Waals surface area contributed by atoms with E-state index >= 15 is 0 Å². The maximum absolute atomic E-state index is 8.17. The van der Waals surface area contributed by atoms with Crippen molar-refractivity contribution in [2.45, 2.75) is 13.0 Å². The highest BCUT2D eigenvalue weighted by Crippen LogP contribution is 1.81. The van der Waals surface area contributed by atoms with Gasteiger partial charge in [0.05, 0.1) is 0 Å². The van der Waals surface area contributed by atoms with Gasteiger partial charge in [0.15, 0.2) is 6.19 Å². The minimum Gasteiger partial charge on any atom is -0.320 e. The van der Waals surface area contributed by atoms with Crippen molar-refractivity contribution >= 4 is 0 Å². The third-order valence-electron chi connectivity index (χ3n) is 0.950. The van der Waals surface area contributed by atoms with E-state index in [0.717, 1.165) is 6.54 Å². The molecule has 0 aromatic heterocycles. The standard InChI is InChI=1S/C6H13N3/c1-6(8-5-7)4-9(2)3/h6,8H,4H2,1-3H3. The zero-order valence-corrected chi connectivity index (χ0v) is 6.18. The van der Waals surface area contributed by atoms with Crippen LogP contribution in [0.5, 0.6) is 0 Å². The molecule has 0 aliphatic rings. The van der Waals surface area contributed by atoms with Gasteiger partial charge in [-0.25, -0.2) is 0 Å². The van der Waals surface area contributed by atoms with Crippen LogP contribution in [0.1, 0.15) is 6.92 Å². The maximum Gasteiger partial charge on any atom is 0.176 e. The van der Waals surface area contributed by atoms with Gasteiger partial charge in [-0.15, -0.1) is 0 Å². The van der Waals surface area contributed by atoms with Crippen molar-refractivity contribution in [3.05, 3.63) is 0 Å². The van der Waals surface area contributed by atoms with Crippen LogP contribution in [0.2, 0.25) is 0 Å². The lowest BCUT2D eigenvalue weighted by atomic mass is 10.3. The number of nitrogens with one attached hydrogen (secondary N) is 1. The van der Waals surface area contributed by atoms with E-state index in [1.807, 2.05) is 32.1 Å². The Hall–Kier alpha value is -0.750. The van der Waals surface area contributed by atoms with Crippen molar-refractivity contribution < 1.29 is 0 Å². The molecule has 0 amide bonds. The van der Waals surface area contributed by atoms with Gasteiger partial charge in [-0.1, -0.05) is 0 Å². The van der Waals surface area contributed by atoms with Crippen LogP contribution in [-0.2, 0) is 0 Å². The largest absolute Gasteiger partial charge is 0.320 e. The summed E-state index contributed by atoms with van der Waals surface area (Å²) in [5.74, 6) is 0. The van der Waals surface area contributed by atoms with Crippen molar-refractivity contribution in [1.82, 2.24) is 10.2 Å². The normalized spacial score (nSPS) is 12.8. The molecule has 0 rings (SSSR count). The molecule has 1 unspecified atom stereocenters. The summed E-state index contributed by atoms with van der Waals surface area (Å²) in [7, 11) is 3.96. The van der Waals surface area contributed by atoms with E-state index < -0.39 is 0 Å². The third kappa shape index (κ3) is 5.12. The molecule has 1 atom stereocenters. The van der Waals surface area contributed by atoms with E-state index in [4.69, 9.17) is 5.26 Å². The molecule has 0 spiro atoms. The number of likely N-dealkylation sites (N-methyl/N-ethyl adjacent to an activating group) is 1. The first kappa shape index (κ1) is 8.25. The van der Waals surface area contributed by atoms with Gasteiger partial charge in [0, 0.05) is 12.6 Å². The van der Waals surface area contributed by atoms with E-state index in [9.17, 15) is 0 Å². The van der Waals surface area contributed by atoms with Crippen LogP contribution in [0.25, 0.3) is 0 Å². The molecule has 52 valence electrons. The first-order chi connectivity index (χ1) is 4.16. The Kier molecular flexibility index (Phi) is 3.81. The third-order valence-corrected chi connectivity index (χ3v) is 0.950. The highest BCUT2D eigenvalue weighted by molar-refractivity contribution is 4.73. The topological polar surface area (TPSA) is 39.1 Å². The SMILES string of the molecule is CC(CN(C)C)NC#N. The smallest absolute Gasteiger partial charge is 0.176 e. The summed E-state index contributed by atoms with van der Waals surface area (Å²) >= 11 is 0. The lowest BCUT2D eigenvalue weighted by Gasteiger charge is -2.14. The molecule has 0 aliphatic carbocycles. The van der Waals surface area contributed by atoms with E-state index in [2.05, 4.69) is 5.32 Å². The van der Waals surface area contributed by atoms with Crippen LogP contribution < -0.4 is 5.32 Å². The molecule has 0 aromatic carbocycles. The Morgan fingerprint density at radius 2 is 2.22 bits per heavy atom. The van der Waals surface area contributed by atoms with Gasteiger partial charge in [0.2, 0.25) is 0 Å². The second-order valence-corrected chi connectivity index (χ2v) is 2.42. The Morgan fingerprint density at radius 1 is 1.67 bits per heavy atom. The molecular formula is C6H13N3. The Morgan fingerprint density at radius 3 is 2.56 bits per heavy atom. The summed E-state index contributed by atoms with van der Waals surface area (Å²) in [4.78, 5) is 2.04. The number of nitrogens with zero attached hydrogens (tertiary/aromatic N) is 2. The van der Waals surface area contributed by atoms with Crippen LogP contribution in [0.15, 0.2) is 0 Å². The molecule has 0 saturated carbocycles. The molecule has 9 heavy (non-hydrogen) atoms. The second-order valence-electron chi connectivity index (χ2n) is 2.42. The maximum atomic E-state index is 8.17. The fourth-order valence-electron chi connectivity index (χ4n) is 0.704. The zero-order valence-electron chi connectivity index (χ0n) is 6.18. The van der Waals surface area contributed by atoms with E-state index in [-0.39, 0.29) is 6.04 Å². The van der Waals surface area contributed by atoms with Crippen molar-refractivity contribution in [3.8, 4) is 6.19 Å². The lowest BCUT2D eigenvalue weighted by molar-refractivity contribution is 0.367. The van der Waals surface area contributed by atoms with Crippen LogP contribution in [0.3, 0.4) is 0 Å². The van der Waals surface area contributed by atoms with E-state index in [0.29, 0.717) is 0 Å². The van der Waals surface area contributed by atoms with Gasteiger partial charge >= 0.3 is 0 Å². The predicted octanol–water partition coefficient (Wildman–Crippen LogP) is 0.00718. The average Bonchev–Trinajstić information content (AvgIpc) is 1.63. The number of hydrogen-bond donors (Lipinski definition) is 1.